The van der Waals surface area contributed by atoms with Crippen LogP contribution in [0, 0.1) is 5.82 Å². The van der Waals surface area contributed by atoms with Crippen molar-refractivity contribution in [2.75, 3.05) is 44.8 Å². The van der Waals surface area contributed by atoms with Gasteiger partial charge in [-0.1, -0.05) is 18.2 Å². The third kappa shape index (κ3) is 4.61. The molecule has 0 aliphatic carbocycles. The summed E-state index contributed by atoms with van der Waals surface area (Å²) in [5.41, 5.74) is 1.45. The summed E-state index contributed by atoms with van der Waals surface area (Å²) in [4.78, 5) is 16.7. The monoisotopic (exact) mass is 385 g/mol. The number of nitrogens with one attached hydrogen (secondary N) is 1. The number of para-hydroxylation sites is 1. The Bertz CT molecular complexity index is 837. The van der Waals surface area contributed by atoms with Gasteiger partial charge < -0.3 is 19.7 Å². The summed E-state index contributed by atoms with van der Waals surface area (Å²) >= 11 is 0. The number of piperazine rings is 1. The Labute approximate surface area is 163 Å². The van der Waals surface area contributed by atoms with E-state index in [1.165, 1.54) is 11.6 Å². The van der Waals surface area contributed by atoms with E-state index in [0.29, 0.717) is 19.8 Å². The molecule has 0 spiro atoms. The summed E-state index contributed by atoms with van der Waals surface area (Å²) in [6.07, 6.45) is 0.358. The van der Waals surface area contributed by atoms with E-state index in [1.54, 1.807) is 18.2 Å². The van der Waals surface area contributed by atoms with Gasteiger partial charge in [0.15, 0.2) is 11.5 Å². The lowest BCUT2D eigenvalue weighted by atomic mass is 10.1. The number of carbonyl (C=O) groups is 1. The van der Waals surface area contributed by atoms with Crippen molar-refractivity contribution in [2.24, 2.45) is 0 Å². The first kappa shape index (κ1) is 18.7. The van der Waals surface area contributed by atoms with Crippen molar-refractivity contribution in [3.8, 4) is 11.5 Å². The van der Waals surface area contributed by atoms with Crippen LogP contribution in [0.25, 0.3) is 0 Å². The molecule has 2 aromatic carbocycles. The molecule has 2 heterocycles. The van der Waals surface area contributed by atoms with Crippen LogP contribution in [0.15, 0.2) is 42.5 Å². The minimum absolute atomic E-state index is 0.159. The van der Waals surface area contributed by atoms with Gasteiger partial charge in [-0.25, -0.2) is 4.39 Å². The molecule has 6 nitrogen and oxygen atoms in total. The second kappa shape index (κ2) is 8.58. The second-order valence-electron chi connectivity index (χ2n) is 7.08. The van der Waals surface area contributed by atoms with Crippen LogP contribution in [0.4, 0.5) is 10.1 Å². The second-order valence-corrected chi connectivity index (χ2v) is 7.08. The number of fused-ring (bicyclic) bond motifs is 1. The number of rotatable bonds is 6. The molecular weight excluding hydrogens is 361 g/mol. The number of carbonyl (C=O) groups excluding carboxylic acids is 1. The van der Waals surface area contributed by atoms with Crippen molar-refractivity contribution in [3.63, 3.8) is 0 Å². The number of benzene rings is 2. The fourth-order valence-corrected chi connectivity index (χ4v) is 3.50. The van der Waals surface area contributed by atoms with Crippen LogP contribution in [0.1, 0.15) is 12.0 Å². The number of ether oxygens (including phenoxy) is 2. The largest absolute Gasteiger partial charge is 0.454 e. The average Bonchev–Trinajstić information content (AvgIpc) is 3.17. The molecule has 0 atom stereocenters. The minimum atomic E-state index is -0.409. The van der Waals surface area contributed by atoms with E-state index >= 15 is 0 Å². The van der Waals surface area contributed by atoms with Crippen molar-refractivity contribution >= 4 is 11.6 Å². The molecule has 0 bridgehead atoms. The molecule has 0 aromatic heterocycles. The normalized spacial score (nSPS) is 16.9. The van der Waals surface area contributed by atoms with Gasteiger partial charge in [-0.3, -0.25) is 9.69 Å². The third-order valence-corrected chi connectivity index (χ3v) is 5.11. The molecule has 2 aliphatic heterocycles. The molecule has 1 N–H and O–H groups in total. The molecule has 0 radical (unpaired) electrons. The highest BCUT2D eigenvalue weighted by molar-refractivity contribution is 5.90. The smallest absolute Gasteiger partial charge is 0.231 e. The highest BCUT2D eigenvalue weighted by atomic mass is 19.1. The summed E-state index contributed by atoms with van der Waals surface area (Å²) in [6, 6.07) is 12.3. The van der Waals surface area contributed by atoms with Gasteiger partial charge in [-0.05, 0) is 29.8 Å². The SMILES string of the molecule is O=C(CCN1CCN(Cc2ccc3c(c2)OCO3)CC1)Nc1ccccc1F. The van der Waals surface area contributed by atoms with E-state index in [9.17, 15) is 9.18 Å². The maximum Gasteiger partial charge on any atom is 0.231 e. The molecule has 1 fully saturated rings. The zero-order chi connectivity index (χ0) is 19.3. The number of hydrogen-bond donors (Lipinski definition) is 1. The van der Waals surface area contributed by atoms with Crippen molar-refractivity contribution in [1.29, 1.82) is 0 Å². The van der Waals surface area contributed by atoms with E-state index in [0.717, 1.165) is 44.2 Å². The lowest BCUT2D eigenvalue weighted by molar-refractivity contribution is -0.116. The molecular formula is C21H24FN3O3. The number of amides is 1. The fraction of sp³-hybridized carbons (Fsp3) is 0.381. The molecule has 2 aromatic rings. The summed E-state index contributed by atoms with van der Waals surface area (Å²) in [6.45, 7) is 5.57. The predicted molar refractivity (Wildman–Crippen MR) is 104 cm³/mol. The fourth-order valence-electron chi connectivity index (χ4n) is 3.50. The van der Waals surface area contributed by atoms with Crippen LogP contribution in [0.3, 0.4) is 0 Å². The Morgan fingerprint density at radius 3 is 2.57 bits per heavy atom. The number of hydrogen-bond acceptors (Lipinski definition) is 5. The molecule has 2 aliphatic rings. The van der Waals surface area contributed by atoms with Crippen LogP contribution in [-0.2, 0) is 11.3 Å². The van der Waals surface area contributed by atoms with Crippen LogP contribution in [0.2, 0.25) is 0 Å². The molecule has 148 valence electrons. The summed E-state index contributed by atoms with van der Waals surface area (Å²) in [7, 11) is 0. The Morgan fingerprint density at radius 2 is 1.75 bits per heavy atom. The van der Waals surface area contributed by atoms with E-state index < -0.39 is 5.82 Å². The average molecular weight is 385 g/mol. The van der Waals surface area contributed by atoms with Crippen molar-refractivity contribution in [1.82, 2.24) is 9.80 Å². The molecule has 1 amide bonds. The number of anilines is 1. The predicted octanol–water partition coefficient (Wildman–Crippen LogP) is 2.70. The van der Waals surface area contributed by atoms with Crippen molar-refractivity contribution in [3.05, 3.63) is 53.8 Å². The van der Waals surface area contributed by atoms with Gasteiger partial charge in [0.1, 0.15) is 5.82 Å². The highest BCUT2D eigenvalue weighted by Crippen LogP contribution is 2.32. The van der Waals surface area contributed by atoms with E-state index in [4.69, 9.17) is 9.47 Å². The highest BCUT2D eigenvalue weighted by Gasteiger charge is 2.19. The topological polar surface area (TPSA) is 54.0 Å². The number of halogens is 1. The molecule has 0 saturated carbocycles. The van der Waals surface area contributed by atoms with Crippen molar-refractivity contribution < 1.29 is 18.7 Å². The Morgan fingerprint density at radius 1 is 1.00 bits per heavy atom. The minimum Gasteiger partial charge on any atom is -0.454 e. The van der Waals surface area contributed by atoms with Crippen LogP contribution < -0.4 is 14.8 Å². The van der Waals surface area contributed by atoms with Gasteiger partial charge in [0.05, 0.1) is 5.69 Å². The van der Waals surface area contributed by atoms with Gasteiger partial charge in [0.25, 0.3) is 0 Å². The first-order valence-corrected chi connectivity index (χ1v) is 9.55. The van der Waals surface area contributed by atoms with Gasteiger partial charge in [-0.2, -0.15) is 0 Å². The van der Waals surface area contributed by atoms with E-state index in [-0.39, 0.29) is 11.6 Å². The Kier molecular flexibility index (Phi) is 5.73. The number of nitrogens with zero attached hydrogens (tertiary/aromatic N) is 2. The summed E-state index contributed by atoms with van der Waals surface area (Å²) < 4.78 is 24.4. The lowest BCUT2D eigenvalue weighted by Crippen LogP contribution is -2.46. The first-order valence-electron chi connectivity index (χ1n) is 9.55. The summed E-state index contributed by atoms with van der Waals surface area (Å²) in [5, 5.41) is 2.64. The van der Waals surface area contributed by atoms with Crippen LogP contribution >= 0.6 is 0 Å². The van der Waals surface area contributed by atoms with Gasteiger partial charge in [-0.15, -0.1) is 0 Å². The summed E-state index contributed by atoms with van der Waals surface area (Å²) in [5.74, 6) is 1.06. The first-order chi connectivity index (χ1) is 13.7. The van der Waals surface area contributed by atoms with E-state index in [1.807, 2.05) is 12.1 Å². The van der Waals surface area contributed by atoms with Gasteiger partial charge in [0, 0.05) is 45.7 Å². The van der Waals surface area contributed by atoms with E-state index in [2.05, 4.69) is 21.2 Å². The molecule has 7 heteroatoms. The Hall–Kier alpha value is -2.64. The zero-order valence-electron chi connectivity index (χ0n) is 15.7. The third-order valence-electron chi connectivity index (χ3n) is 5.11. The van der Waals surface area contributed by atoms with Crippen LogP contribution in [-0.4, -0.2) is 55.2 Å². The van der Waals surface area contributed by atoms with Gasteiger partial charge in [0.2, 0.25) is 12.7 Å². The van der Waals surface area contributed by atoms with Gasteiger partial charge >= 0.3 is 0 Å². The standard InChI is InChI=1S/C21H24FN3O3/c22-17-3-1-2-4-18(17)23-21(26)7-8-24-9-11-25(12-10-24)14-16-5-6-19-20(13-16)28-15-27-19/h1-6,13H,7-12,14-15H2,(H,23,26). The zero-order valence-corrected chi connectivity index (χ0v) is 15.7. The maximum absolute atomic E-state index is 13.6. The van der Waals surface area contributed by atoms with Crippen LogP contribution in [0.5, 0.6) is 11.5 Å². The molecule has 28 heavy (non-hydrogen) atoms. The molecule has 0 unspecified atom stereocenters. The maximum atomic E-state index is 13.6. The van der Waals surface area contributed by atoms with Crippen molar-refractivity contribution in [2.45, 2.75) is 13.0 Å². The quantitative estimate of drug-likeness (QED) is 0.829. The lowest BCUT2D eigenvalue weighted by Gasteiger charge is -2.34. The Balaban J connectivity index is 1.19. The molecule has 4 rings (SSSR count). The molecule has 1 saturated heterocycles.